The van der Waals surface area contributed by atoms with Gasteiger partial charge in [-0.25, -0.2) is 4.79 Å². The van der Waals surface area contributed by atoms with E-state index in [0.717, 1.165) is 23.4 Å². The molecule has 1 atom stereocenters. The van der Waals surface area contributed by atoms with Crippen molar-refractivity contribution < 1.29 is 14.3 Å². The minimum atomic E-state index is -0.356. The fourth-order valence-corrected chi connectivity index (χ4v) is 5.43. The molecule has 2 aromatic rings. The van der Waals surface area contributed by atoms with Crippen molar-refractivity contribution in [1.29, 1.82) is 0 Å². The second kappa shape index (κ2) is 11.0. The van der Waals surface area contributed by atoms with Crippen molar-refractivity contribution >= 4 is 35.2 Å². The molecule has 1 unspecified atom stereocenters. The van der Waals surface area contributed by atoms with Crippen LogP contribution in [0.5, 0.6) is 0 Å². The van der Waals surface area contributed by atoms with E-state index in [9.17, 15) is 9.59 Å². The number of halogens is 1. The van der Waals surface area contributed by atoms with E-state index in [0.29, 0.717) is 36.1 Å². The zero-order chi connectivity index (χ0) is 22.4. The summed E-state index contributed by atoms with van der Waals surface area (Å²) in [4.78, 5) is 29.3. The van der Waals surface area contributed by atoms with Gasteiger partial charge in [-0.3, -0.25) is 9.69 Å². The van der Waals surface area contributed by atoms with Crippen molar-refractivity contribution in [2.24, 2.45) is 5.92 Å². The van der Waals surface area contributed by atoms with Gasteiger partial charge < -0.3 is 9.64 Å². The largest absolute Gasteiger partial charge is 0.465 e. The number of ether oxygens (including phenoxy) is 1. The molecule has 1 aliphatic heterocycles. The summed E-state index contributed by atoms with van der Waals surface area (Å²) < 4.78 is 4.83. The van der Waals surface area contributed by atoms with E-state index in [1.807, 2.05) is 47.4 Å². The van der Waals surface area contributed by atoms with Crippen LogP contribution in [0.2, 0.25) is 5.02 Å². The fraction of sp³-hybridized carbons (Fsp3) is 0.417. The Balaban J connectivity index is 1.74. The Kier molecular flexibility index (Phi) is 8.41. The second-order valence-corrected chi connectivity index (χ2v) is 9.68. The lowest BCUT2D eigenvalue weighted by Crippen LogP contribution is -2.41. The molecule has 7 heteroatoms. The first-order valence-electron chi connectivity index (χ1n) is 10.4. The summed E-state index contributed by atoms with van der Waals surface area (Å²) >= 11 is 8.16. The standard InChI is InChI=1S/C24H29ClN2O3S/c1-17(2)14-26(15-18-7-6-8-19(13-18)24(29)30-3)16-22(28)27-11-12-31-23(27)20-9-4-5-10-21(20)25/h4-10,13,17,23H,11-12,14-16H2,1-3H3. The predicted octanol–water partition coefficient (Wildman–Crippen LogP) is 4.86. The number of esters is 1. The summed E-state index contributed by atoms with van der Waals surface area (Å²) in [5, 5.41) is 0.642. The minimum absolute atomic E-state index is 0.0512. The van der Waals surface area contributed by atoms with Crippen LogP contribution in [0, 0.1) is 5.92 Å². The van der Waals surface area contributed by atoms with Gasteiger partial charge >= 0.3 is 5.97 Å². The minimum Gasteiger partial charge on any atom is -0.465 e. The maximum atomic E-state index is 13.3. The van der Waals surface area contributed by atoms with Crippen molar-refractivity contribution in [3.05, 3.63) is 70.2 Å². The summed E-state index contributed by atoms with van der Waals surface area (Å²) in [5.74, 6) is 1.04. The average molecular weight is 461 g/mol. The number of benzene rings is 2. The van der Waals surface area contributed by atoms with Gasteiger partial charge in [0.15, 0.2) is 0 Å². The zero-order valence-electron chi connectivity index (χ0n) is 18.2. The molecule has 1 amide bonds. The highest BCUT2D eigenvalue weighted by atomic mass is 35.5. The highest BCUT2D eigenvalue weighted by Gasteiger charge is 2.32. The van der Waals surface area contributed by atoms with Crippen molar-refractivity contribution in [2.45, 2.75) is 25.8 Å². The molecule has 0 aliphatic carbocycles. The van der Waals surface area contributed by atoms with Crippen LogP contribution in [0.15, 0.2) is 48.5 Å². The molecule has 1 aliphatic rings. The molecular formula is C24H29ClN2O3S. The summed E-state index contributed by atoms with van der Waals surface area (Å²) in [6.45, 7) is 6.69. The molecule has 1 saturated heterocycles. The topological polar surface area (TPSA) is 49.9 Å². The molecule has 166 valence electrons. The summed E-state index contributed by atoms with van der Waals surface area (Å²) in [6.07, 6.45) is 0. The molecule has 0 saturated carbocycles. The second-order valence-electron chi connectivity index (χ2n) is 8.09. The van der Waals surface area contributed by atoms with E-state index in [1.165, 1.54) is 7.11 Å². The third kappa shape index (κ3) is 6.25. The van der Waals surface area contributed by atoms with E-state index < -0.39 is 0 Å². The highest BCUT2D eigenvalue weighted by molar-refractivity contribution is 7.99. The van der Waals surface area contributed by atoms with Gasteiger partial charge in [0.25, 0.3) is 0 Å². The number of carbonyl (C=O) groups is 2. The number of hydrogen-bond acceptors (Lipinski definition) is 5. The maximum Gasteiger partial charge on any atom is 0.337 e. The molecule has 0 aromatic heterocycles. The Morgan fingerprint density at radius 3 is 2.71 bits per heavy atom. The first-order chi connectivity index (χ1) is 14.9. The monoisotopic (exact) mass is 460 g/mol. The van der Waals surface area contributed by atoms with Crippen LogP contribution in [0.3, 0.4) is 0 Å². The third-order valence-corrected chi connectivity index (χ3v) is 6.71. The van der Waals surface area contributed by atoms with Crippen LogP contribution in [-0.4, -0.2) is 54.2 Å². The Morgan fingerprint density at radius 2 is 2.00 bits per heavy atom. The van der Waals surface area contributed by atoms with Crippen molar-refractivity contribution in [3.8, 4) is 0 Å². The van der Waals surface area contributed by atoms with Gasteiger partial charge in [-0.1, -0.05) is 55.8 Å². The summed E-state index contributed by atoms with van der Waals surface area (Å²) in [6, 6.07) is 15.1. The predicted molar refractivity (Wildman–Crippen MR) is 126 cm³/mol. The molecule has 0 bridgehead atoms. The SMILES string of the molecule is COC(=O)c1cccc(CN(CC(=O)N2CCSC2c2ccccc2Cl)CC(C)C)c1. The number of hydrogen-bond donors (Lipinski definition) is 0. The van der Waals surface area contributed by atoms with Gasteiger partial charge in [-0.05, 0) is 29.7 Å². The molecule has 1 fully saturated rings. The van der Waals surface area contributed by atoms with E-state index in [2.05, 4.69) is 18.7 Å². The third-order valence-electron chi connectivity index (χ3n) is 5.12. The number of amides is 1. The first-order valence-corrected chi connectivity index (χ1v) is 11.9. The summed E-state index contributed by atoms with van der Waals surface area (Å²) in [7, 11) is 1.38. The zero-order valence-corrected chi connectivity index (χ0v) is 19.8. The molecule has 0 radical (unpaired) electrons. The lowest BCUT2D eigenvalue weighted by Gasteiger charge is -2.29. The van der Waals surface area contributed by atoms with E-state index >= 15 is 0 Å². The summed E-state index contributed by atoms with van der Waals surface area (Å²) in [5.41, 5.74) is 2.49. The first kappa shape index (κ1) is 23.6. The Labute approximate surface area is 193 Å². The van der Waals surface area contributed by atoms with Crippen LogP contribution < -0.4 is 0 Å². The smallest absolute Gasteiger partial charge is 0.337 e. The van der Waals surface area contributed by atoms with E-state index in [4.69, 9.17) is 16.3 Å². The molecule has 3 rings (SSSR count). The molecule has 1 heterocycles. The lowest BCUT2D eigenvalue weighted by atomic mass is 10.1. The molecule has 31 heavy (non-hydrogen) atoms. The Morgan fingerprint density at radius 1 is 1.23 bits per heavy atom. The van der Waals surface area contributed by atoms with Crippen LogP contribution in [0.1, 0.15) is 40.7 Å². The Hall–Kier alpha value is -2.02. The maximum absolute atomic E-state index is 13.3. The molecule has 2 aromatic carbocycles. The van der Waals surface area contributed by atoms with Gasteiger partial charge in [-0.2, -0.15) is 0 Å². The number of rotatable bonds is 8. The van der Waals surface area contributed by atoms with Gasteiger partial charge in [0.05, 0.1) is 19.2 Å². The van der Waals surface area contributed by atoms with E-state index in [1.54, 1.807) is 17.8 Å². The number of carbonyl (C=O) groups excluding carboxylic acids is 2. The number of thioether (sulfide) groups is 1. The van der Waals surface area contributed by atoms with Crippen LogP contribution in [0.4, 0.5) is 0 Å². The molecule has 0 N–H and O–H groups in total. The van der Waals surface area contributed by atoms with Crippen LogP contribution in [-0.2, 0) is 16.1 Å². The molecular weight excluding hydrogens is 432 g/mol. The number of methoxy groups -OCH3 is 1. The molecule has 0 spiro atoms. The van der Waals surface area contributed by atoms with Crippen LogP contribution >= 0.6 is 23.4 Å². The average Bonchev–Trinajstić information content (AvgIpc) is 3.23. The van der Waals surface area contributed by atoms with Gasteiger partial charge in [0.2, 0.25) is 5.91 Å². The van der Waals surface area contributed by atoms with Gasteiger partial charge in [0, 0.05) is 36.0 Å². The van der Waals surface area contributed by atoms with Gasteiger partial charge in [-0.15, -0.1) is 11.8 Å². The normalized spacial score (nSPS) is 16.2. The Bertz CT molecular complexity index is 921. The lowest BCUT2D eigenvalue weighted by molar-refractivity contribution is -0.132. The number of nitrogens with zero attached hydrogens (tertiary/aromatic N) is 2. The molecule has 5 nitrogen and oxygen atoms in total. The fourth-order valence-electron chi connectivity index (χ4n) is 3.81. The van der Waals surface area contributed by atoms with Crippen molar-refractivity contribution in [3.63, 3.8) is 0 Å². The van der Waals surface area contributed by atoms with E-state index in [-0.39, 0.29) is 17.3 Å². The van der Waals surface area contributed by atoms with Crippen molar-refractivity contribution in [2.75, 3.05) is 32.5 Å². The quantitative estimate of drug-likeness (QED) is 0.526. The van der Waals surface area contributed by atoms with Gasteiger partial charge in [0.1, 0.15) is 5.37 Å². The van der Waals surface area contributed by atoms with Crippen molar-refractivity contribution in [1.82, 2.24) is 9.80 Å². The highest BCUT2D eigenvalue weighted by Crippen LogP contribution is 2.40. The van der Waals surface area contributed by atoms with Crippen LogP contribution in [0.25, 0.3) is 0 Å².